The fraction of sp³-hybridized carbons (Fsp3) is 0.242. The lowest BCUT2D eigenvalue weighted by molar-refractivity contribution is 0.0402. The molecule has 2 heterocycles. The molecule has 1 saturated heterocycles. The maximum absolute atomic E-state index is 10.9. The number of nitrogens with zero attached hydrogens (tertiary/aromatic N) is 3. The minimum Gasteiger partial charge on any atom is -0.490 e. The second kappa shape index (κ2) is 11.8. The molecule has 1 N–H and O–H groups in total. The zero-order chi connectivity index (χ0) is 26.4. The zero-order valence-corrected chi connectivity index (χ0v) is 21.9. The van der Waals surface area contributed by atoms with E-state index in [0.29, 0.717) is 18.2 Å². The Kier molecular flexibility index (Phi) is 7.68. The first-order chi connectivity index (χ1) is 19.2. The Hall–Kier alpha value is -3.97. The van der Waals surface area contributed by atoms with Crippen LogP contribution in [0.25, 0.3) is 22.6 Å². The van der Waals surface area contributed by atoms with E-state index in [0.717, 1.165) is 42.8 Å². The summed E-state index contributed by atoms with van der Waals surface area (Å²) in [4.78, 5) is 9.47. The van der Waals surface area contributed by atoms with E-state index in [2.05, 4.69) is 75.4 Å². The summed E-state index contributed by atoms with van der Waals surface area (Å²) in [6.07, 6.45) is -0.604. The minimum atomic E-state index is -0.604. The van der Waals surface area contributed by atoms with Crippen LogP contribution < -0.4 is 4.74 Å². The summed E-state index contributed by atoms with van der Waals surface area (Å²) in [6, 6.07) is 37.0. The number of fused-ring (bicyclic) bond motifs is 1. The van der Waals surface area contributed by atoms with Gasteiger partial charge in [0.1, 0.15) is 24.0 Å². The molecule has 4 aromatic carbocycles. The summed E-state index contributed by atoms with van der Waals surface area (Å²) in [5.41, 5.74) is 4.94. The van der Waals surface area contributed by atoms with Crippen LogP contribution in [-0.4, -0.2) is 65.3 Å². The van der Waals surface area contributed by atoms with Crippen molar-refractivity contribution in [1.29, 1.82) is 0 Å². The normalized spacial score (nSPS) is 15.5. The van der Waals surface area contributed by atoms with Gasteiger partial charge in [0.2, 0.25) is 5.89 Å². The van der Waals surface area contributed by atoms with Crippen molar-refractivity contribution >= 4 is 11.1 Å². The van der Waals surface area contributed by atoms with Crippen LogP contribution in [0.3, 0.4) is 0 Å². The van der Waals surface area contributed by atoms with Gasteiger partial charge in [0.25, 0.3) is 0 Å². The summed E-state index contributed by atoms with van der Waals surface area (Å²) < 4.78 is 12.0. The number of aliphatic hydroxyl groups excluding tert-OH is 1. The van der Waals surface area contributed by atoms with Crippen LogP contribution in [0.15, 0.2) is 114 Å². The summed E-state index contributed by atoms with van der Waals surface area (Å²) in [5, 5.41) is 10.9. The molecule has 1 aliphatic heterocycles. The monoisotopic (exact) mass is 519 g/mol. The van der Waals surface area contributed by atoms with Crippen LogP contribution in [0.1, 0.15) is 17.2 Å². The van der Waals surface area contributed by atoms with Gasteiger partial charge >= 0.3 is 0 Å². The largest absolute Gasteiger partial charge is 0.490 e. The second-order valence-electron chi connectivity index (χ2n) is 10.0. The van der Waals surface area contributed by atoms with Crippen LogP contribution in [-0.2, 0) is 0 Å². The van der Waals surface area contributed by atoms with Gasteiger partial charge in [-0.05, 0) is 35.4 Å². The molecule has 6 rings (SSSR count). The predicted octanol–water partition coefficient (Wildman–Crippen LogP) is 5.64. The Labute approximate surface area is 229 Å². The average Bonchev–Trinajstić information content (AvgIpc) is 3.43. The number of β-amino-alcohol motifs (C(OH)–C–C–N with tert-alkyl or cyclic N) is 1. The number of oxazole rings is 1. The van der Waals surface area contributed by atoms with Gasteiger partial charge in [-0.15, -0.1) is 0 Å². The number of aliphatic hydroxyl groups is 1. The van der Waals surface area contributed by atoms with Gasteiger partial charge in [-0.2, -0.15) is 0 Å². The number of benzene rings is 4. The van der Waals surface area contributed by atoms with E-state index in [-0.39, 0.29) is 12.6 Å². The van der Waals surface area contributed by atoms with Crippen molar-refractivity contribution in [3.05, 3.63) is 120 Å². The minimum absolute atomic E-state index is 0.202. The smallest absolute Gasteiger partial charge is 0.231 e. The lowest BCUT2D eigenvalue weighted by Crippen LogP contribution is -2.50. The van der Waals surface area contributed by atoms with Gasteiger partial charge in [-0.3, -0.25) is 9.80 Å². The van der Waals surface area contributed by atoms with E-state index in [4.69, 9.17) is 9.15 Å². The molecular formula is C33H33N3O3. The second-order valence-corrected chi connectivity index (χ2v) is 10.0. The predicted molar refractivity (Wildman–Crippen MR) is 154 cm³/mol. The van der Waals surface area contributed by atoms with E-state index in [9.17, 15) is 5.11 Å². The number of ether oxygens (including phenoxy) is 1. The molecule has 0 spiro atoms. The maximum atomic E-state index is 10.9. The molecule has 1 aliphatic rings. The Balaban J connectivity index is 1.06. The third-order valence-electron chi connectivity index (χ3n) is 7.31. The van der Waals surface area contributed by atoms with Crippen LogP contribution >= 0.6 is 0 Å². The maximum Gasteiger partial charge on any atom is 0.231 e. The Morgan fingerprint density at radius 2 is 1.36 bits per heavy atom. The van der Waals surface area contributed by atoms with Gasteiger partial charge in [0, 0.05) is 32.7 Å². The number of para-hydroxylation sites is 3. The van der Waals surface area contributed by atoms with E-state index in [1.165, 1.54) is 11.1 Å². The third kappa shape index (κ3) is 5.88. The van der Waals surface area contributed by atoms with Crippen molar-refractivity contribution in [2.24, 2.45) is 0 Å². The summed E-state index contributed by atoms with van der Waals surface area (Å²) in [6.45, 7) is 4.43. The lowest BCUT2D eigenvalue weighted by atomic mass is 9.96. The van der Waals surface area contributed by atoms with Crippen molar-refractivity contribution in [3.8, 4) is 17.2 Å². The zero-order valence-electron chi connectivity index (χ0n) is 21.9. The highest BCUT2D eigenvalue weighted by Crippen LogP contribution is 2.32. The number of hydrogen-bond donors (Lipinski definition) is 1. The first kappa shape index (κ1) is 25.3. The lowest BCUT2D eigenvalue weighted by Gasteiger charge is -2.40. The molecule has 1 fully saturated rings. The molecule has 0 radical (unpaired) electrons. The van der Waals surface area contributed by atoms with Crippen molar-refractivity contribution in [2.75, 3.05) is 39.3 Å². The standard InChI is InChI=1S/C33H33N3O3/c37-27(24-38-30-17-9-7-15-28(30)33-34-29-16-8-10-18-31(29)39-33)23-35-19-21-36(22-20-35)32(25-11-3-1-4-12-25)26-13-5-2-6-14-26/h1-18,27,32,37H,19-24H2. The average molecular weight is 520 g/mol. The van der Waals surface area contributed by atoms with Crippen molar-refractivity contribution in [3.63, 3.8) is 0 Å². The van der Waals surface area contributed by atoms with Gasteiger partial charge in [-0.1, -0.05) is 84.9 Å². The molecule has 0 bridgehead atoms. The highest BCUT2D eigenvalue weighted by atomic mass is 16.5. The molecule has 0 aliphatic carbocycles. The van der Waals surface area contributed by atoms with Crippen molar-refractivity contribution < 1.29 is 14.3 Å². The topological polar surface area (TPSA) is 62.0 Å². The highest BCUT2D eigenvalue weighted by molar-refractivity contribution is 5.77. The first-order valence-electron chi connectivity index (χ1n) is 13.6. The number of hydrogen-bond acceptors (Lipinski definition) is 6. The van der Waals surface area contributed by atoms with E-state index >= 15 is 0 Å². The van der Waals surface area contributed by atoms with Crippen LogP contribution in [0.5, 0.6) is 5.75 Å². The molecule has 5 aromatic rings. The molecule has 6 nitrogen and oxygen atoms in total. The number of aromatic nitrogens is 1. The quantitative estimate of drug-likeness (QED) is 0.272. The number of rotatable bonds is 9. The van der Waals surface area contributed by atoms with Crippen molar-refractivity contribution in [1.82, 2.24) is 14.8 Å². The molecule has 6 heteroatoms. The molecule has 39 heavy (non-hydrogen) atoms. The van der Waals surface area contributed by atoms with Crippen LogP contribution in [0, 0.1) is 0 Å². The molecule has 0 saturated carbocycles. The molecule has 1 unspecified atom stereocenters. The van der Waals surface area contributed by atoms with Gasteiger partial charge in [0.05, 0.1) is 11.6 Å². The van der Waals surface area contributed by atoms with Gasteiger partial charge in [0.15, 0.2) is 5.58 Å². The summed E-state index contributed by atoms with van der Waals surface area (Å²) >= 11 is 0. The van der Waals surface area contributed by atoms with E-state index in [1.54, 1.807) is 0 Å². The molecular weight excluding hydrogens is 486 g/mol. The highest BCUT2D eigenvalue weighted by Gasteiger charge is 2.27. The van der Waals surface area contributed by atoms with Gasteiger partial charge in [-0.25, -0.2) is 4.98 Å². The Morgan fingerprint density at radius 3 is 2.05 bits per heavy atom. The SMILES string of the molecule is OC(COc1ccccc1-c1nc2ccccc2o1)CN1CCN(C(c2ccccc2)c2ccccc2)CC1. The Bertz CT molecular complexity index is 1410. The third-order valence-corrected chi connectivity index (χ3v) is 7.31. The van der Waals surface area contributed by atoms with E-state index < -0.39 is 6.10 Å². The van der Waals surface area contributed by atoms with E-state index in [1.807, 2.05) is 48.5 Å². The van der Waals surface area contributed by atoms with Gasteiger partial charge < -0.3 is 14.3 Å². The molecule has 1 aromatic heterocycles. The molecule has 0 amide bonds. The molecule has 198 valence electrons. The molecule has 1 atom stereocenters. The fourth-order valence-corrected chi connectivity index (χ4v) is 5.38. The van der Waals surface area contributed by atoms with Crippen molar-refractivity contribution in [2.45, 2.75) is 12.1 Å². The fourth-order valence-electron chi connectivity index (χ4n) is 5.38. The number of piperazine rings is 1. The Morgan fingerprint density at radius 1 is 0.744 bits per heavy atom. The van der Waals surface area contributed by atoms with Crippen LogP contribution in [0.2, 0.25) is 0 Å². The summed E-state index contributed by atoms with van der Waals surface area (Å²) in [7, 11) is 0. The summed E-state index contributed by atoms with van der Waals surface area (Å²) in [5.74, 6) is 1.17. The first-order valence-corrected chi connectivity index (χ1v) is 13.6. The van der Waals surface area contributed by atoms with Crippen LogP contribution in [0.4, 0.5) is 0 Å².